The minimum atomic E-state index is -0.204. The third kappa shape index (κ3) is 5.10. The predicted molar refractivity (Wildman–Crippen MR) is 119 cm³/mol. The second-order valence-corrected chi connectivity index (χ2v) is 7.49. The lowest BCUT2D eigenvalue weighted by Crippen LogP contribution is -2.35. The Morgan fingerprint density at radius 2 is 2.06 bits per heavy atom. The molecule has 0 aliphatic carbocycles. The molecule has 1 fully saturated rings. The Kier molecular flexibility index (Phi) is 6.59. The van der Waals surface area contributed by atoms with E-state index >= 15 is 0 Å². The van der Waals surface area contributed by atoms with Crippen molar-refractivity contribution in [1.82, 2.24) is 19.9 Å². The Morgan fingerprint density at radius 3 is 2.87 bits per heavy atom. The van der Waals surface area contributed by atoms with Crippen LogP contribution in [0.1, 0.15) is 17.0 Å². The number of nitrogens with one attached hydrogen (secondary N) is 1. The highest BCUT2D eigenvalue weighted by Gasteiger charge is 2.14. The van der Waals surface area contributed by atoms with E-state index in [4.69, 9.17) is 9.47 Å². The van der Waals surface area contributed by atoms with Crippen LogP contribution in [0, 0.1) is 6.92 Å². The number of imidazole rings is 1. The molecule has 1 aliphatic heterocycles. The fraction of sp³-hybridized carbons (Fsp3) is 0.348. The Morgan fingerprint density at radius 1 is 1.26 bits per heavy atom. The molecule has 162 valence electrons. The number of hydrogen-bond donors (Lipinski definition) is 1. The number of para-hydroxylation sites is 2. The number of hydrogen-bond acceptors (Lipinski definition) is 6. The summed E-state index contributed by atoms with van der Waals surface area (Å²) < 4.78 is 12.8. The van der Waals surface area contributed by atoms with E-state index < -0.39 is 0 Å². The van der Waals surface area contributed by atoms with E-state index in [-0.39, 0.29) is 12.5 Å². The second kappa shape index (κ2) is 9.72. The van der Waals surface area contributed by atoms with Gasteiger partial charge in [0.2, 0.25) is 0 Å². The Hall–Kier alpha value is -3.23. The molecule has 31 heavy (non-hydrogen) atoms. The van der Waals surface area contributed by atoms with Crippen LogP contribution in [0.15, 0.2) is 47.6 Å². The van der Waals surface area contributed by atoms with Crippen molar-refractivity contribution >= 4 is 23.2 Å². The zero-order valence-corrected chi connectivity index (χ0v) is 17.9. The number of methoxy groups -OCH3 is 1. The number of nitrogens with zero attached hydrogens (tertiary/aromatic N) is 4. The number of benzene rings is 2. The zero-order valence-electron chi connectivity index (χ0n) is 17.9. The van der Waals surface area contributed by atoms with Crippen LogP contribution in [0.4, 0.5) is 0 Å². The topological polar surface area (TPSA) is 81.0 Å². The van der Waals surface area contributed by atoms with Crippen molar-refractivity contribution in [3.05, 3.63) is 59.4 Å². The molecule has 1 aliphatic rings. The Labute approximate surface area is 181 Å². The average molecular weight is 422 g/mol. The van der Waals surface area contributed by atoms with E-state index in [0.29, 0.717) is 0 Å². The first kappa shape index (κ1) is 21.0. The number of hydrazone groups is 1. The number of morpholine rings is 1. The third-order valence-electron chi connectivity index (χ3n) is 5.35. The second-order valence-electron chi connectivity index (χ2n) is 7.49. The van der Waals surface area contributed by atoms with Crippen molar-refractivity contribution in [3.63, 3.8) is 0 Å². The summed E-state index contributed by atoms with van der Waals surface area (Å²) >= 11 is 0. The van der Waals surface area contributed by atoms with Gasteiger partial charge in [-0.2, -0.15) is 5.10 Å². The van der Waals surface area contributed by atoms with Crippen LogP contribution in [0.25, 0.3) is 11.0 Å². The summed E-state index contributed by atoms with van der Waals surface area (Å²) in [6, 6.07) is 13.7. The number of amides is 1. The molecule has 1 aromatic heterocycles. The van der Waals surface area contributed by atoms with E-state index in [0.717, 1.165) is 66.6 Å². The summed E-state index contributed by atoms with van der Waals surface area (Å²) in [6.07, 6.45) is 1.65. The van der Waals surface area contributed by atoms with Crippen LogP contribution in [-0.4, -0.2) is 60.0 Å². The van der Waals surface area contributed by atoms with Gasteiger partial charge in [-0.25, -0.2) is 10.4 Å². The number of aromatic nitrogens is 2. The predicted octanol–water partition coefficient (Wildman–Crippen LogP) is 2.34. The number of carbonyl (C=O) groups excluding carboxylic acids is 1. The smallest absolute Gasteiger partial charge is 0.260 e. The summed E-state index contributed by atoms with van der Waals surface area (Å²) in [5, 5.41) is 4.14. The molecule has 0 radical (unpaired) electrons. The van der Waals surface area contributed by atoms with E-state index in [1.54, 1.807) is 13.3 Å². The van der Waals surface area contributed by atoms with E-state index in [1.807, 2.05) is 54.0 Å². The molecule has 0 unspecified atom stereocenters. The SMILES string of the molecule is COc1ccc(C=NNC(=O)Cn2c(C)nc3ccccc32)cc1CN1CCOCC1. The van der Waals surface area contributed by atoms with Crippen LogP contribution in [0.5, 0.6) is 5.75 Å². The molecule has 0 spiro atoms. The number of ether oxygens (including phenoxy) is 2. The highest BCUT2D eigenvalue weighted by atomic mass is 16.5. The molecule has 0 atom stereocenters. The third-order valence-corrected chi connectivity index (χ3v) is 5.35. The first-order valence-electron chi connectivity index (χ1n) is 10.3. The molecule has 2 heterocycles. The van der Waals surface area contributed by atoms with Crippen molar-refractivity contribution in [2.75, 3.05) is 33.4 Å². The first-order chi connectivity index (χ1) is 15.1. The van der Waals surface area contributed by atoms with Crippen molar-refractivity contribution in [2.45, 2.75) is 20.0 Å². The first-order valence-corrected chi connectivity index (χ1v) is 10.3. The lowest BCUT2D eigenvalue weighted by atomic mass is 10.1. The van der Waals surface area contributed by atoms with Gasteiger partial charge in [0.15, 0.2) is 0 Å². The molecular formula is C23H27N5O3. The molecule has 0 bridgehead atoms. The van der Waals surface area contributed by atoms with Crippen LogP contribution >= 0.6 is 0 Å². The van der Waals surface area contributed by atoms with Gasteiger partial charge in [0, 0.05) is 25.2 Å². The molecule has 3 aromatic rings. The summed E-state index contributed by atoms with van der Waals surface area (Å²) in [4.78, 5) is 19.2. The Bertz CT molecular complexity index is 1090. The van der Waals surface area contributed by atoms with Gasteiger partial charge in [-0.1, -0.05) is 12.1 Å². The van der Waals surface area contributed by atoms with Gasteiger partial charge >= 0.3 is 0 Å². The van der Waals surface area contributed by atoms with Crippen molar-refractivity contribution in [1.29, 1.82) is 0 Å². The number of rotatable bonds is 7. The quantitative estimate of drug-likeness (QED) is 0.468. The molecule has 1 amide bonds. The maximum Gasteiger partial charge on any atom is 0.260 e. The number of carbonyl (C=O) groups is 1. The molecule has 8 heteroatoms. The maximum atomic E-state index is 12.4. The van der Waals surface area contributed by atoms with Crippen LogP contribution < -0.4 is 10.2 Å². The van der Waals surface area contributed by atoms with Gasteiger partial charge in [0.05, 0.1) is 37.6 Å². The van der Waals surface area contributed by atoms with Gasteiger partial charge < -0.3 is 14.0 Å². The number of aryl methyl sites for hydroxylation is 1. The average Bonchev–Trinajstić information content (AvgIpc) is 3.10. The lowest BCUT2D eigenvalue weighted by molar-refractivity contribution is -0.121. The molecular weight excluding hydrogens is 394 g/mol. The summed E-state index contributed by atoms with van der Waals surface area (Å²) in [5.41, 5.74) is 6.40. The van der Waals surface area contributed by atoms with Crippen LogP contribution in [-0.2, 0) is 22.6 Å². The van der Waals surface area contributed by atoms with Crippen molar-refractivity contribution in [3.8, 4) is 5.75 Å². The Balaban J connectivity index is 1.40. The highest BCUT2D eigenvalue weighted by Crippen LogP contribution is 2.21. The molecule has 2 aromatic carbocycles. The fourth-order valence-electron chi connectivity index (χ4n) is 3.76. The molecule has 4 rings (SSSR count). The molecule has 1 saturated heterocycles. The summed E-state index contributed by atoms with van der Waals surface area (Å²) in [5.74, 6) is 1.43. The summed E-state index contributed by atoms with van der Waals surface area (Å²) in [6.45, 7) is 6.15. The van der Waals surface area contributed by atoms with E-state index in [2.05, 4.69) is 20.4 Å². The van der Waals surface area contributed by atoms with E-state index in [9.17, 15) is 4.79 Å². The van der Waals surface area contributed by atoms with Crippen LogP contribution in [0.3, 0.4) is 0 Å². The van der Waals surface area contributed by atoms with Gasteiger partial charge in [-0.05, 0) is 42.8 Å². The standard InChI is InChI=1S/C23H27N5O3/c1-17-25-20-5-3-4-6-21(20)28(17)16-23(29)26-24-14-18-7-8-22(30-2)19(13-18)15-27-9-11-31-12-10-27/h3-8,13-14H,9-12,15-16H2,1-2H3,(H,26,29). The van der Waals surface area contributed by atoms with Crippen LogP contribution in [0.2, 0.25) is 0 Å². The van der Waals surface area contributed by atoms with Gasteiger partial charge in [-0.3, -0.25) is 9.69 Å². The van der Waals surface area contributed by atoms with Crippen molar-refractivity contribution in [2.24, 2.45) is 5.10 Å². The minimum Gasteiger partial charge on any atom is -0.496 e. The minimum absolute atomic E-state index is 0.161. The highest BCUT2D eigenvalue weighted by molar-refractivity contribution is 5.84. The van der Waals surface area contributed by atoms with Crippen molar-refractivity contribution < 1.29 is 14.3 Å². The normalized spacial score (nSPS) is 14.9. The number of fused-ring (bicyclic) bond motifs is 1. The van der Waals surface area contributed by atoms with Gasteiger partial charge in [0.1, 0.15) is 18.1 Å². The van der Waals surface area contributed by atoms with Gasteiger partial charge in [-0.15, -0.1) is 0 Å². The van der Waals surface area contributed by atoms with Gasteiger partial charge in [0.25, 0.3) is 5.91 Å². The molecule has 0 saturated carbocycles. The largest absolute Gasteiger partial charge is 0.496 e. The molecule has 8 nitrogen and oxygen atoms in total. The monoisotopic (exact) mass is 421 g/mol. The maximum absolute atomic E-state index is 12.4. The zero-order chi connectivity index (χ0) is 21.6. The molecule has 1 N–H and O–H groups in total. The summed E-state index contributed by atoms with van der Waals surface area (Å²) in [7, 11) is 1.67. The fourth-order valence-corrected chi connectivity index (χ4v) is 3.76. The lowest BCUT2D eigenvalue weighted by Gasteiger charge is -2.27. The van der Waals surface area contributed by atoms with E-state index in [1.165, 1.54) is 0 Å².